The van der Waals surface area contributed by atoms with Gasteiger partial charge in [0.05, 0.1) is 17.3 Å². The van der Waals surface area contributed by atoms with Crippen LogP contribution in [-0.2, 0) is 21.4 Å². The molecule has 2 rings (SSSR count). The fourth-order valence-corrected chi connectivity index (χ4v) is 3.89. The number of nitrogens with zero attached hydrogens (tertiary/aromatic N) is 1. The van der Waals surface area contributed by atoms with Gasteiger partial charge in [-0.3, -0.25) is 4.79 Å². The van der Waals surface area contributed by atoms with Gasteiger partial charge in [0.25, 0.3) is 0 Å². The number of thiazole rings is 1. The van der Waals surface area contributed by atoms with Gasteiger partial charge in [0, 0.05) is 42.5 Å². The minimum atomic E-state index is 0.0212. The van der Waals surface area contributed by atoms with Crippen LogP contribution in [0, 0.1) is 5.92 Å². The van der Waals surface area contributed by atoms with E-state index in [0.717, 1.165) is 46.8 Å². The largest absolute Gasteiger partial charge is 0.493 e. The van der Waals surface area contributed by atoms with Gasteiger partial charge >= 0.3 is 0 Å². The molecule has 1 aromatic heterocycles. The molecule has 1 atom stereocenters. The van der Waals surface area contributed by atoms with E-state index in [1.807, 2.05) is 0 Å². The third-order valence-corrected chi connectivity index (χ3v) is 6.03. The Bertz CT molecular complexity index is 781. The van der Waals surface area contributed by atoms with Crippen LogP contribution in [0.4, 0.5) is 0 Å². The van der Waals surface area contributed by atoms with Gasteiger partial charge in [-0.05, 0) is 30.0 Å². The zero-order valence-electron chi connectivity index (χ0n) is 18.5. The van der Waals surface area contributed by atoms with Crippen LogP contribution in [0.15, 0.2) is 23.6 Å². The van der Waals surface area contributed by atoms with Crippen LogP contribution in [0.25, 0.3) is 11.3 Å². The molecule has 1 N–H and O–H groups in total. The van der Waals surface area contributed by atoms with E-state index in [2.05, 4.69) is 63.5 Å². The Morgan fingerprint density at radius 1 is 1.24 bits per heavy atom. The van der Waals surface area contributed by atoms with Crippen molar-refractivity contribution in [3.8, 4) is 17.0 Å². The SMILES string of the molecule is COCCCOc1cc(CC(NC=O)C(C)C)ccc1-c1csc(C(C)(C)C)n1. The second-order valence-corrected chi connectivity index (χ2v) is 9.51. The standard InChI is InChI=1S/C23H34N2O3S/c1-16(2)19(24-15-26)12-17-8-9-18(21(13-17)28-11-7-10-27-6)20-14-29-22(25-20)23(3,4)5/h8-9,13-16,19H,7,10-12H2,1-6H3,(H,24,26). The maximum atomic E-state index is 10.9. The first kappa shape index (κ1) is 23.4. The number of carbonyl (C=O) groups excluding carboxylic acids is 1. The van der Waals surface area contributed by atoms with E-state index >= 15 is 0 Å². The lowest BCUT2D eigenvalue weighted by molar-refractivity contribution is -0.110. The van der Waals surface area contributed by atoms with Crippen LogP contribution >= 0.6 is 11.3 Å². The summed E-state index contributed by atoms with van der Waals surface area (Å²) in [5.41, 5.74) is 3.10. The molecule has 0 aliphatic rings. The number of carbonyl (C=O) groups is 1. The number of benzene rings is 1. The van der Waals surface area contributed by atoms with Gasteiger partial charge in [0.1, 0.15) is 5.75 Å². The van der Waals surface area contributed by atoms with E-state index in [1.54, 1.807) is 18.4 Å². The minimum absolute atomic E-state index is 0.0212. The zero-order chi connectivity index (χ0) is 21.4. The van der Waals surface area contributed by atoms with E-state index in [1.165, 1.54) is 0 Å². The molecule has 0 radical (unpaired) electrons. The summed E-state index contributed by atoms with van der Waals surface area (Å²) in [6.45, 7) is 12.0. The highest BCUT2D eigenvalue weighted by Gasteiger charge is 2.20. The summed E-state index contributed by atoms with van der Waals surface area (Å²) in [6.07, 6.45) is 2.37. The quantitative estimate of drug-likeness (QED) is 0.419. The minimum Gasteiger partial charge on any atom is -0.493 e. The Labute approximate surface area is 178 Å². The second-order valence-electron chi connectivity index (χ2n) is 8.65. The van der Waals surface area contributed by atoms with E-state index in [4.69, 9.17) is 14.5 Å². The molecular weight excluding hydrogens is 384 g/mol. The van der Waals surface area contributed by atoms with Gasteiger partial charge < -0.3 is 14.8 Å². The fourth-order valence-electron chi connectivity index (χ4n) is 2.98. The monoisotopic (exact) mass is 418 g/mol. The third kappa shape index (κ3) is 6.82. The van der Waals surface area contributed by atoms with Crippen molar-refractivity contribution >= 4 is 17.7 Å². The molecule has 0 saturated carbocycles. The topological polar surface area (TPSA) is 60.5 Å². The maximum absolute atomic E-state index is 10.9. The third-order valence-electron chi connectivity index (χ3n) is 4.76. The van der Waals surface area contributed by atoms with E-state index < -0.39 is 0 Å². The molecule has 0 fully saturated rings. The molecule has 1 amide bonds. The molecule has 1 aromatic carbocycles. The van der Waals surface area contributed by atoms with Crippen molar-refractivity contribution in [1.82, 2.24) is 10.3 Å². The van der Waals surface area contributed by atoms with E-state index in [9.17, 15) is 4.79 Å². The highest BCUT2D eigenvalue weighted by atomic mass is 32.1. The Hall–Kier alpha value is -1.92. The molecule has 1 heterocycles. The lowest BCUT2D eigenvalue weighted by Gasteiger charge is -2.21. The maximum Gasteiger partial charge on any atom is 0.207 e. The van der Waals surface area contributed by atoms with Crippen LogP contribution in [-0.4, -0.2) is 37.8 Å². The predicted octanol–water partition coefficient (Wildman–Crippen LogP) is 4.84. The number of rotatable bonds is 11. The molecule has 1 unspecified atom stereocenters. The number of methoxy groups -OCH3 is 1. The highest BCUT2D eigenvalue weighted by Crippen LogP contribution is 2.35. The van der Waals surface area contributed by atoms with Gasteiger partial charge in [0.2, 0.25) is 6.41 Å². The molecule has 160 valence electrons. The number of ether oxygens (including phenoxy) is 2. The molecule has 0 spiro atoms. The molecule has 2 aromatic rings. The van der Waals surface area contributed by atoms with Crippen molar-refractivity contribution in [3.63, 3.8) is 0 Å². The van der Waals surface area contributed by atoms with Crippen LogP contribution < -0.4 is 10.1 Å². The van der Waals surface area contributed by atoms with Crippen LogP contribution in [0.2, 0.25) is 0 Å². The van der Waals surface area contributed by atoms with Crippen molar-refractivity contribution in [3.05, 3.63) is 34.2 Å². The molecule has 0 aliphatic heterocycles. The van der Waals surface area contributed by atoms with Crippen molar-refractivity contribution in [1.29, 1.82) is 0 Å². The Morgan fingerprint density at radius 3 is 2.59 bits per heavy atom. The van der Waals surface area contributed by atoms with Crippen molar-refractivity contribution in [2.75, 3.05) is 20.3 Å². The Morgan fingerprint density at radius 2 is 2.00 bits per heavy atom. The van der Waals surface area contributed by atoms with Gasteiger partial charge in [0.15, 0.2) is 0 Å². The van der Waals surface area contributed by atoms with Gasteiger partial charge in [-0.2, -0.15) is 0 Å². The average Bonchev–Trinajstić information content (AvgIpc) is 3.15. The molecule has 5 nitrogen and oxygen atoms in total. The molecule has 0 saturated heterocycles. The number of hydrogen-bond donors (Lipinski definition) is 1. The molecule has 0 aliphatic carbocycles. The van der Waals surface area contributed by atoms with Gasteiger partial charge in [-0.25, -0.2) is 4.98 Å². The smallest absolute Gasteiger partial charge is 0.207 e. The molecular formula is C23H34N2O3S. The highest BCUT2D eigenvalue weighted by molar-refractivity contribution is 7.10. The van der Waals surface area contributed by atoms with Crippen LogP contribution in [0.1, 0.15) is 51.6 Å². The number of amides is 1. The molecule has 29 heavy (non-hydrogen) atoms. The van der Waals surface area contributed by atoms with Gasteiger partial charge in [-0.15, -0.1) is 11.3 Å². The Balaban J connectivity index is 2.31. The first-order valence-corrected chi connectivity index (χ1v) is 11.0. The summed E-state index contributed by atoms with van der Waals surface area (Å²) < 4.78 is 11.3. The van der Waals surface area contributed by atoms with Crippen LogP contribution in [0.3, 0.4) is 0 Å². The first-order chi connectivity index (χ1) is 13.8. The van der Waals surface area contributed by atoms with E-state index in [-0.39, 0.29) is 11.5 Å². The lowest BCUT2D eigenvalue weighted by Crippen LogP contribution is -2.34. The summed E-state index contributed by atoms with van der Waals surface area (Å²) in [5.74, 6) is 1.18. The lowest BCUT2D eigenvalue weighted by atomic mass is 9.95. The summed E-state index contributed by atoms with van der Waals surface area (Å²) >= 11 is 1.68. The summed E-state index contributed by atoms with van der Waals surface area (Å²) in [4.78, 5) is 15.8. The molecule has 0 bridgehead atoms. The van der Waals surface area contributed by atoms with Crippen LogP contribution in [0.5, 0.6) is 5.75 Å². The molecule has 6 heteroatoms. The second kappa shape index (κ2) is 10.7. The normalized spacial score (nSPS) is 12.8. The Kier molecular flexibility index (Phi) is 8.65. The number of nitrogens with one attached hydrogen (secondary N) is 1. The summed E-state index contributed by atoms with van der Waals surface area (Å²) in [5, 5.41) is 6.14. The van der Waals surface area contributed by atoms with Crippen molar-refractivity contribution in [2.45, 2.75) is 58.9 Å². The van der Waals surface area contributed by atoms with Gasteiger partial charge in [-0.1, -0.05) is 40.7 Å². The van der Waals surface area contributed by atoms with E-state index in [0.29, 0.717) is 19.1 Å². The zero-order valence-corrected chi connectivity index (χ0v) is 19.3. The average molecular weight is 419 g/mol. The fraction of sp³-hybridized carbons (Fsp3) is 0.565. The van der Waals surface area contributed by atoms with Crippen molar-refractivity contribution in [2.24, 2.45) is 5.92 Å². The summed E-state index contributed by atoms with van der Waals surface area (Å²) in [6, 6.07) is 6.36. The predicted molar refractivity (Wildman–Crippen MR) is 120 cm³/mol. The van der Waals surface area contributed by atoms with Crippen molar-refractivity contribution < 1.29 is 14.3 Å². The summed E-state index contributed by atoms with van der Waals surface area (Å²) in [7, 11) is 1.70. The number of hydrogen-bond acceptors (Lipinski definition) is 5. The number of aromatic nitrogens is 1. The first-order valence-electron chi connectivity index (χ1n) is 10.2.